The topological polar surface area (TPSA) is 118 Å². The zero-order valence-corrected chi connectivity index (χ0v) is 21.4. The van der Waals surface area contributed by atoms with E-state index >= 15 is 0 Å². The van der Waals surface area contributed by atoms with E-state index in [1.165, 1.54) is 12.1 Å². The van der Waals surface area contributed by atoms with Gasteiger partial charge in [-0.25, -0.2) is 0 Å². The van der Waals surface area contributed by atoms with Crippen LogP contribution in [-0.2, 0) is 4.79 Å². The van der Waals surface area contributed by atoms with Crippen LogP contribution in [0.25, 0.3) is 0 Å². The molecular weight excluding hydrogens is 523 g/mol. The lowest BCUT2D eigenvalue weighted by molar-refractivity contribution is -0.122. The first kappa shape index (κ1) is 28.0. The Bertz CT molecular complexity index is 721. The average Bonchev–Trinajstić information content (AvgIpc) is 2.77. The van der Waals surface area contributed by atoms with Crippen molar-refractivity contribution in [3.63, 3.8) is 0 Å². The number of phenols is 1. The second-order valence-corrected chi connectivity index (χ2v) is 7.61. The Kier molecular flexibility index (Phi) is 13.7. The number of phenolic OH excluding ortho intramolecular Hbond substituents is 1. The van der Waals surface area contributed by atoms with Crippen LogP contribution in [0.15, 0.2) is 29.3 Å². The van der Waals surface area contributed by atoms with E-state index in [9.17, 15) is 14.7 Å². The molecule has 1 aromatic carbocycles. The maximum absolute atomic E-state index is 12.1. The van der Waals surface area contributed by atoms with Crippen molar-refractivity contribution >= 4 is 41.8 Å². The lowest BCUT2D eigenvalue weighted by Gasteiger charge is -2.32. The maximum atomic E-state index is 12.1. The van der Waals surface area contributed by atoms with Crippen LogP contribution in [-0.4, -0.2) is 79.6 Å². The van der Waals surface area contributed by atoms with Crippen LogP contribution in [0.3, 0.4) is 0 Å². The Morgan fingerprint density at radius 3 is 2.38 bits per heavy atom. The summed E-state index contributed by atoms with van der Waals surface area (Å²) >= 11 is 0. The lowest BCUT2D eigenvalue weighted by atomic mass is 10.1. The quantitative estimate of drug-likeness (QED) is 0.127. The Labute approximate surface area is 207 Å². The summed E-state index contributed by atoms with van der Waals surface area (Å²) in [4.78, 5) is 30.7. The molecule has 1 heterocycles. The van der Waals surface area contributed by atoms with Gasteiger partial charge in [0.15, 0.2) is 5.96 Å². The summed E-state index contributed by atoms with van der Waals surface area (Å²) < 4.78 is 0. The number of halogens is 1. The molecule has 0 bridgehead atoms. The van der Waals surface area contributed by atoms with E-state index in [1.807, 2.05) is 13.8 Å². The zero-order valence-electron chi connectivity index (χ0n) is 19.0. The number of piperidine rings is 1. The van der Waals surface area contributed by atoms with Crippen LogP contribution < -0.4 is 21.3 Å². The molecule has 0 unspecified atom stereocenters. The first-order valence-electron chi connectivity index (χ1n) is 11.1. The molecule has 5 N–H and O–H groups in total. The number of hydrogen-bond donors (Lipinski definition) is 5. The van der Waals surface area contributed by atoms with E-state index in [0.717, 1.165) is 51.4 Å². The van der Waals surface area contributed by atoms with Crippen molar-refractivity contribution in [2.24, 2.45) is 4.99 Å². The summed E-state index contributed by atoms with van der Waals surface area (Å²) in [5, 5.41) is 21.8. The van der Waals surface area contributed by atoms with E-state index < -0.39 is 0 Å². The second kappa shape index (κ2) is 15.7. The number of hydrogen-bond acceptors (Lipinski definition) is 5. The number of carbonyl (C=O) groups is 2. The minimum atomic E-state index is -0.191. The predicted octanol–water partition coefficient (Wildman–Crippen LogP) is 1.29. The summed E-state index contributed by atoms with van der Waals surface area (Å²) in [5.74, 6) is 0.773. The van der Waals surface area contributed by atoms with Crippen molar-refractivity contribution in [3.8, 4) is 5.75 Å². The molecule has 0 saturated carbocycles. The van der Waals surface area contributed by atoms with Crippen molar-refractivity contribution in [2.75, 3.05) is 45.8 Å². The number of carbonyl (C=O) groups excluding carboxylic acids is 2. The molecule has 1 aliphatic heterocycles. The molecule has 1 fully saturated rings. The molecule has 0 aromatic heterocycles. The molecule has 0 atom stereocenters. The van der Waals surface area contributed by atoms with Crippen LogP contribution in [0, 0.1) is 0 Å². The highest BCUT2D eigenvalue weighted by atomic mass is 127. The van der Waals surface area contributed by atoms with Crippen LogP contribution in [0.4, 0.5) is 0 Å². The van der Waals surface area contributed by atoms with Crippen molar-refractivity contribution in [1.29, 1.82) is 0 Å². The van der Waals surface area contributed by atoms with Gasteiger partial charge in [0.05, 0.1) is 13.1 Å². The maximum Gasteiger partial charge on any atom is 0.251 e. The van der Waals surface area contributed by atoms with E-state index in [0.29, 0.717) is 31.2 Å². The van der Waals surface area contributed by atoms with E-state index in [-0.39, 0.29) is 41.5 Å². The van der Waals surface area contributed by atoms with Crippen molar-refractivity contribution in [2.45, 2.75) is 39.2 Å². The number of amides is 2. The van der Waals surface area contributed by atoms with Crippen LogP contribution in [0.1, 0.15) is 43.5 Å². The Morgan fingerprint density at radius 1 is 1.06 bits per heavy atom. The molecule has 180 valence electrons. The number of nitrogens with zero attached hydrogens (tertiary/aromatic N) is 2. The molecule has 9 nitrogen and oxygen atoms in total. The highest BCUT2D eigenvalue weighted by Crippen LogP contribution is 2.10. The largest absolute Gasteiger partial charge is 0.508 e. The minimum absolute atomic E-state index is 0. The van der Waals surface area contributed by atoms with E-state index in [1.54, 1.807) is 12.1 Å². The van der Waals surface area contributed by atoms with E-state index in [2.05, 4.69) is 31.2 Å². The third-order valence-corrected chi connectivity index (χ3v) is 5.01. The molecule has 2 amide bonds. The average molecular weight is 560 g/mol. The zero-order chi connectivity index (χ0) is 22.5. The van der Waals surface area contributed by atoms with Gasteiger partial charge in [0.1, 0.15) is 5.75 Å². The third kappa shape index (κ3) is 10.5. The highest BCUT2D eigenvalue weighted by Gasteiger charge is 2.21. The highest BCUT2D eigenvalue weighted by molar-refractivity contribution is 14.0. The van der Waals surface area contributed by atoms with Gasteiger partial charge in [-0.3, -0.25) is 19.5 Å². The van der Waals surface area contributed by atoms with Gasteiger partial charge in [-0.1, -0.05) is 6.92 Å². The fourth-order valence-electron chi connectivity index (χ4n) is 3.32. The fraction of sp³-hybridized carbons (Fsp3) is 0.591. The van der Waals surface area contributed by atoms with Crippen molar-refractivity contribution < 1.29 is 14.7 Å². The predicted molar refractivity (Wildman–Crippen MR) is 138 cm³/mol. The van der Waals surface area contributed by atoms with Gasteiger partial charge in [0, 0.05) is 44.3 Å². The van der Waals surface area contributed by atoms with Crippen LogP contribution >= 0.6 is 24.0 Å². The lowest BCUT2D eigenvalue weighted by Crippen LogP contribution is -2.50. The first-order valence-corrected chi connectivity index (χ1v) is 11.1. The summed E-state index contributed by atoms with van der Waals surface area (Å²) in [5.41, 5.74) is 0.502. The second-order valence-electron chi connectivity index (χ2n) is 7.61. The Hall–Kier alpha value is -2.08. The smallest absolute Gasteiger partial charge is 0.251 e. The summed E-state index contributed by atoms with van der Waals surface area (Å²) in [6.45, 7) is 8.63. The summed E-state index contributed by atoms with van der Waals surface area (Å²) in [7, 11) is 0. The minimum Gasteiger partial charge on any atom is -0.508 e. The van der Waals surface area contributed by atoms with Crippen molar-refractivity contribution in [3.05, 3.63) is 29.8 Å². The molecule has 0 aliphatic carbocycles. The normalized spacial score (nSPS) is 14.9. The Morgan fingerprint density at radius 2 is 1.75 bits per heavy atom. The number of nitrogens with one attached hydrogen (secondary N) is 4. The molecule has 10 heteroatoms. The molecular formula is C22H37IN6O3. The monoisotopic (exact) mass is 560 g/mol. The van der Waals surface area contributed by atoms with Crippen molar-refractivity contribution in [1.82, 2.24) is 26.2 Å². The van der Waals surface area contributed by atoms with Crippen LogP contribution in [0.5, 0.6) is 5.75 Å². The van der Waals surface area contributed by atoms with Gasteiger partial charge in [0.25, 0.3) is 5.91 Å². The number of likely N-dealkylation sites (tertiary alicyclic amines) is 1. The Balaban J connectivity index is 0.00000512. The molecule has 1 saturated heterocycles. The molecule has 0 spiro atoms. The van der Waals surface area contributed by atoms with Gasteiger partial charge < -0.3 is 26.4 Å². The summed E-state index contributed by atoms with van der Waals surface area (Å²) in [6, 6.07) is 6.45. The number of aromatic hydroxyl groups is 1. The van der Waals surface area contributed by atoms with Crippen LogP contribution in [0.2, 0.25) is 0 Å². The SMILES string of the molecule is CCCNC(=O)CN1CCC(NC(=NCCNC(=O)c2ccc(O)cc2)NCC)CC1.I. The molecule has 32 heavy (non-hydrogen) atoms. The van der Waals surface area contributed by atoms with Gasteiger partial charge in [-0.15, -0.1) is 24.0 Å². The third-order valence-electron chi connectivity index (χ3n) is 5.01. The van der Waals surface area contributed by atoms with Gasteiger partial charge in [-0.05, 0) is 50.5 Å². The number of rotatable bonds is 10. The van der Waals surface area contributed by atoms with Gasteiger partial charge in [0.2, 0.25) is 5.91 Å². The van der Waals surface area contributed by atoms with Gasteiger partial charge in [-0.2, -0.15) is 0 Å². The first-order chi connectivity index (χ1) is 15.0. The molecule has 1 aliphatic rings. The number of guanidine groups is 1. The fourth-order valence-corrected chi connectivity index (χ4v) is 3.32. The molecule has 2 rings (SSSR count). The number of benzene rings is 1. The standard InChI is InChI=1S/C22H36N6O3.HI/c1-3-11-24-20(30)16-28-14-9-18(10-15-28)27-22(23-4-2)26-13-12-25-21(31)17-5-7-19(29)8-6-17;/h5-8,18,29H,3-4,9-16H2,1-2H3,(H,24,30)(H,25,31)(H2,23,26,27);1H. The number of aliphatic imine (C=N–C) groups is 1. The molecule has 1 aromatic rings. The molecule has 0 radical (unpaired) electrons. The van der Waals surface area contributed by atoms with Gasteiger partial charge >= 0.3 is 0 Å². The summed E-state index contributed by atoms with van der Waals surface area (Å²) in [6.07, 6.45) is 2.84. The van der Waals surface area contributed by atoms with E-state index in [4.69, 9.17) is 0 Å².